The lowest BCUT2D eigenvalue weighted by Gasteiger charge is -2.38. The summed E-state index contributed by atoms with van der Waals surface area (Å²) < 4.78 is 19.0. The Kier molecular flexibility index (Phi) is 5.95. The summed E-state index contributed by atoms with van der Waals surface area (Å²) in [5.41, 5.74) is 1.72. The highest BCUT2D eigenvalue weighted by Gasteiger charge is 2.37. The number of esters is 1. The topological polar surface area (TPSA) is 29.5 Å². The fourth-order valence-electron chi connectivity index (χ4n) is 3.73. The molecule has 0 unspecified atom stereocenters. The molecule has 0 spiro atoms. The SMILES string of the molecule is CC(C)(C)OC(=O)[C@@H]1CN(Cc2ccccc2)CC[C@H]1c1ccc(F)cc1. The average Bonchev–Trinajstić information content (AvgIpc) is 2.62. The van der Waals surface area contributed by atoms with E-state index in [0.717, 1.165) is 25.1 Å². The van der Waals surface area contributed by atoms with Crippen molar-refractivity contribution in [2.45, 2.75) is 45.3 Å². The molecule has 2 aromatic rings. The van der Waals surface area contributed by atoms with Crippen LogP contribution in [0.4, 0.5) is 4.39 Å². The third kappa shape index (κ3) is 5.39. The van der Waals surface area contributed by atoms with Gasteiger partial charge in [-0.25, -0.2) is 4.39 Å². The highest BCUT2D eigenvalue weighted by atomic mass is 19.1. The summed E-state index contributed by atoms with van der Waals surface area (Å²) in [5.74, 6) is -0.636. The van der Waals surface area contributed by atoms with Crippen LogP contribution in [-0.2, 0) is 16.1 Å². The second kappa shape index (κ2) is 8.22. The molecule has 3 rings (SSSR count). The molecule has 1 aliphatic rings. The molecular formula is C23H28FNO2. The fraction of sp³-hybridized carbons (Fsp3) is 0.435. The molecule has 144 valence electrons. The summed E-state index contributed by atoms with van der Waals surface area (Å²) in [6.07, 6.45) is 0.850. The fourth-order valence-corrected chi connectivity index (χ4v) is 3.73. The minimum Gasteiger partial charge on any atom is -0.460 e. The van der Waals surface area contributed by atoms with E-state index in [9.17, 15) is 9.18 Å². The molecule has 4 heteroatoms. The van der Waals surface area contributed by atoms with Gasteiger partial charge in [-0.05, 0) is 62.9 Å². The highest BCUT2D eigenvalue weighted by molar-refractivity contribution is 5.74. The number of piperidine rings is 1. The van der Waals surface area contributed by atoms with Crippen LogP contribution in [0.1, 0.15) is 44.2 Å². The number of likely N-dealkylation sites (tertiary alicyclic amines) is 1. The molecule has 1 heterocycles. The van der Waals surface area contributed by atoms with Gasteiger partial charge in [-0.3, -0.25) is 9.69 Å². The van der Waals surface area contributed by atoms with E-state index >= 15 is 0 Å². The van der Waals surface area contributed by atoms with E-state index in [1.807, 2.05) is 39.0 Å². The van der Waals surface area contributed by atoms with Crippen LogP contribution in [0.5, 0.6) is 0 Å². The zero-order chi connectivity index (χ0) is 19.4. The summed E-state index contributed by atoms with van der Waals surface area (Å²) in [6, 6.07) is 16.8. The van der Waals surface area contributed by atoms with Crippen molar-refractivity contribution >= 4 is 5.97 Å². The van der Waals surface area contributed by atoms with Crippen LogP contribution in [-0.4, -0.2) is 29.6 Å². The van der Waals surface area contributed by atoms with Gasteiger partial charge in [0.25, 0.3) is 0 Å². The summed E-state index contributed by atoms with van der Waals surface area (Å²) in [4.78, 5) is 15.2. The average molecular weight is 369 g/mol. The summed E-state index contributed by atoms with van der Waals surface area (Å²) in [6.45, 7) is 8.03. The van der Waals surface area contributed by atoms with Crippen LogP contribution in [0, 0.1) is 11.7 Å². The normalized spacial score (nSPS) is 21.0. The molecule has 2 atom stereocenters. The first-order chi connectivity index (χ1) is 12.8. The Balaban J connectivity index is 1.79. The Bertz CT molecular complexity index is 752. The van der Waals surface area contributed by atoms with Crippen molar-refractivity contribution in [1.29, 1.82) is 0 Å². The van der Waals surface area contributed by atoms with Crippen LogP contribution >= 0.6 is 0 Å². The molecule has 0 amide bonds. The predicted molar refractivity (Wildman–Crippen MR) is 105 cm³/mol. The maximum Gasteiger partial charge on any atom is 0.311 e. The Hall–Kier alpha value is -2.20. The van der Waals surface area contributed by atoms with Crippen LogP contribution in [0.25, 0.3) is 0 Å². The van der Waals surface area contributed by atoms with Gasteiger partial charge in [0.1, 0.15) is 11.4 Å². The molecule has 3 nitrogen and oxygen atoms in total. The zero-order valence-corrected chi connectivity index (χ0v) is 16.3. The Morgan fingerprint density at radius 2 is 1.78 bits per heavy atom. The van der Waals surface area contributed by atoms with E-state index in [0.29, 0.717) is 6.54 Å². The largest absolute Gasteiger partial charge is 0.460 e. The third-order valence-corrected chi connectivity index (χ3v) is 4.95. The Labute approximate surface area is 161 Å². The van der Waals surface area contributed by atoms with Crippen molar-refractivity contribution in [3.05, 3.63) is 71.5 Å². The lowest BCUT2D eigenvalue weighted by atomic mass is 9.80. The maximum atomic E-state index is 13.3. The molecule has 0 bridgehead atoms. The molecular weight excluding hydrogens is 341 g/mol. The number of ether oxygens (including phenoxy) is 1. The number of benzene rings is 2. The standard InChI is InChI=1S/C23H28FNO2/c1-23(2,3)27-22(26)21-16-25(15-17-7-5-4-6-8-17)14-13-20(21)18-9-11-19(24)12-10-18/h4-12,20-21H,13-16H2,1-3H3/t20-,21+/m0/s1. The van der Waals surface area contributed by atoms with Gasteiger partial charge >= 0.3 is 5.97 Å². The number of nitrogens with zero attached hydrogens (tertiary/aromatic N) is 1. The van der Waals surface area contributed by atoms with Crippen LogP contribution in [0.15, 0.2) is 54.6 Å². The van der Waals surface area contributed by atoms with Gasteiger partial charge in [0.2, 0.25) is 0 Å². The minimum atomic E-state index is -0.522. The molecule has 0 radical (unpaired) electrons. The first kappa shape index (κ1) is 19.6. The second-order valence-electron chi connectivity index (χ2n) is 8.31. The number of carbonyl (C=O) groups is 1. The third-order valence-electron chi connectivity index (χ3n) is 4.95. The molecule has 0 saturated carbocycles. The number of halogens is 1. The minimum absolute atomic E-state index is 0.0486. The molecule has 1 saturated heterocycles. The number of hydrogen-bond acceptors (Lipinski definition) is 3. The van der Waals surface area contributed by atoms with Crippen LogP contribution in [0.3, 0.4) is 0 Å². The van der Waals surface area contributed by atoms with Crippen molar-refractivity contribution in [2.75, 3.05) is 13.1 Å². The van der Waals surface area contributed by atoms with E-state index in [2.05, 4.69) is 17.0 Å². The van der Waals surface area contributed by atoms with E-state index < -0.39 is 5.60 Å². The number of rotatable bonds is 4. The van der Waals surface area contributed by atoms with Gasteiger partial charge in [0.15, 0.2) is 0 Å². The monoisotopic (exact) mass is 369 g/mol. The molecule has 2 aromatic carbocycles. The van der Waals surface area contributed by atoms with E-state index in [1.165, 1.54) is 17.7 Å². The molecule has 0 aromatic heterocycles. The second-order valence-corrected chi connectivity index (χ2v) is 8.31. The van der Waals surface area contributed by atoms with E-state index in [4.69, 9.17) is 4.74 Å². The summed E-state index contributed by atoms with van der Waals surface area (Å²) in [7, 11) is 0. The van der Waals surface area contributed by atoms with E-state index in [-0.39, 0.29) is 23.6 Å². The van der Waals surface area contributed by atoms with Gasteiger partial charge in [-0.15, -0.1) is 0 Å². The van der Waals surface area contributed by atoms with Crippen molar-refractivity contribution in [1.82, 2.24) is 4.90 Å². The quantitative estimate of drug-likeness (QED) is 0.727. The Morgan fingerprint density at radius 1 is 1.11 bits per heavy atom. The van der Waals surface area contributed by atoms with Crippen LogP contribution < -0.4 is 0 Å². The van der Waals surface area contributed by atoms with E-state index in [1.54, 1.807) is 12.1 Å². The van der Waals surface area contributed by atoms with Gasteiger partial charge in [-0.2, -0.15) is 0 Å². The lowest BCUT2D eigenvalue weighted by molar-refractivity contribution is -0.163. The van der Waals surface area contributed by atoms with Crippen molar-refractivity contribution in [2.24, 2.45) is 5.92 Å². The first-order valence-electron chi connectivity index (χ1n) is 9.56. The molecule has 1 fully saturated rings. The smallest absolute Gasteiger partial charge is 0.311 e. The first-order valence-corrected chi connectivity index (χ1v) is 9.56. The predicted octanol–water partition coefficient (Wildman–Crippen LogP) is 4.77. The van der Waals surface area contributed by atoms with Crippen molar-refractivity contribution < 1.29 is 13.9 Å². The summed E-state index contributed by atoms with van der Waals surface area (Å²) in [5, 5.41) is 0. The highest BCUT2D eigenvalue weighted by Crippen LogP contribution is 2.35. The van der Waals surface area contributed by atoms with Gasteiger partial charge in [-0.1, -0.05) is 42.5 Å². The number of carbonyl (C=O) groups excluding carboxylic acids is 1. The molecule has 0 aliphatic carbocycles. The Morgan fingerprint density at radius 3 is 2.41 bits per heavy atom. The van der Waals surface area contributed by atoms with Crippen molar-refractivity contribution in [3.63, 3.8) is 0 Å². The van der Waals surface area contributed by atoms with Crippen molar-refractivity contribution in [3.8, 4) is 0 Å². The molecule has 27 heavy (non-hydrogen) atoms. The number of hydrogen-bond donors (Lipinski definition) is 0. The van der Waals surface area contributed by atoms with Crippen LogP contribution in [0.2, 0.25) is 0 Å². The van der Waals surface area contributed by atoms with Gasteiger partial charge in [0.05, 0.1) is 5.92 Å². The van der Waals surface area contributed by atoms with Gasteiger partial charge < -0.3 is 4.74 Å². The maximum absolute atomic E-state index is 13.3. The summed E-state index contributed by atoms with van der Waals surface area (Å²) >= 11 is 0. The lowest BCUT2D eigenvalue weighted by Crippen LogP contribution is -2.44. The molecule has 0 N–H and O–H groups in total. The van der Waals surface area contributed by atoms with Gasteiger partial charge in [0, 0.05) is 13.1 Å². The molecule has 1 aliphatic heterocycles. The zero-order valence-electron chi connectivity index (χ0n) is 16.3.